The summed E-state index contributed by atoms with van der Waals surface area (Å²) in [6.07, 6.45) is 2.59. The van der Waals surface area contributed by atoms with Crippen LogP contribution in [-0.2, 0) is 13.5 Å². The molecule has 0 spiro atoms. The zero-order valence-electron chi connectivity index (χ0n) is 9.14. The van der Waals surface area contributed by atoms with E-state index in [2.05, 4.69) is 26.0 Å². The van der Waals surface area contributed by atoms with Gasteiger partial charge in [-0.3, -0.25) is 9.67 Å². The second-order valence-corrected chi connectivity index (χ2v) is 5.40. The van der Waals surface area contributed by atoms with E-state index in [9.17, 15) is 0 Å². The fraction of sp³-hybridized carbons (Fsp3) is 0.400. The topological polar surface area (TPSA) is 56.7 Å². The Morgan fingerprint density at radius 3 is 2.88 bits per heavy atom. The molecule has 0 fully saturated rings. The Labute approximate surface area is 107 Å². The van der Waals surface area contributed by atoms with Gasteiger partial charge in [0.25, 0.3) is 0 Å². The molecule has 0 aliphatic rings. The molecule has 2 N–H and O–H groups in total. The molecule has 0 aliphatic heterocycles. The van der Waals surface area contributed by atoms with Gasteiger partial charge in [0, 0.05) is 30.6 Å². The number of nitrogens with two attached hydrogens (primary N) is 1. The summed E-state index contributed by atoms with van der Waals surface area (Å²) in [4.78, 5) is 5.14. The molecule has 4 nitrogen and oxygen atoms in total. The summed E-state index contributed by atoms with van der Waals surface area (Å²) in [5.41, 5.74) is 10.0. The van der Waals surface area contributed by atoms with E-state index in [1.54, 1.807) is 16.8 Å². The molecule has 6 heteroatoms. The number of hydrogen-bond donors (Lipinski definition) is 1. The Morgan fingerprint density at radius 1 is 1.62 bits per heavy atom. The van der Waals surface area contributed by atoms with Gasteiger partial charge in [-0.1, -0.05) is 0 Å². The van der Waals surface area contributed by atoms with Crippen LogP contribution >= 0.6 is 27.3 Å². The summed E-state index contributed by atoms with van der Waals surface area (Å²) in [6.45, 7) is 1.98. The lowest BCUT2D eigenvalue weighted by Crippen LogP contribution is -2.14. The van der Waals surface area contributed by atoms with Gasteiger partial charge in [-0.2, -0.15) is 5.10 Å². The standard InChI is InChI=1S/C10H13BrN4S/c1-6-10(11)8(15(2)14-6)3-7(12)9-4-13-5-16-9/h4-5,7H,3,12H2,1-2H3. The maximum absolute atomic E-state index is 6.13. The molecule has 0 aromatic carbocycles. The first kappa shape index (κ1) is 11.8. The molecule has 0 saturated carbocycles. The molecule has 2 aromatic heterocycles. The minimum Gasteiger partial charge on any atom is -0.323 e. The fourth-order valence-electron chi connectivity index (χ4n) is 1.62. The molecule has 1 unspecified atom stereocenters. The van der Waals surface area contributed by atoms with Crippen LogP contribution in [0, 0.1) is 6.92 Å². The molecule has 0 aliphatic carbocycles. The van der Waals surface area contributed by atoms with Crippen molar-refractivity contribution in [3.63, 3.8) is 0 Å². The lowest BCUT2D eigenvalue weighted by molar-refractivity contribution is 0.643. The second-order valence-electron chi connectivity index (χ2n) is 3.68. The molecule has 2 heterocycles. The van der Waals surface area contributed by atoms with E-state index in [4.69, 9.17) is 5.73 Å². The highest BCUT2D eigenvalue weighted by Gasteiger charge is 2.16. The Bertz CT molecular complexity index is 477. The van der Waals surface area contributed by atoms with Crippen LogP contribution in [0.4, 0.5) is 0 Å². The van der Waals surface area contributed by atoms with Gasteiger partial charge in [0.1, 0.15) is 0 Å². The third-order valence-corrected chi connectivity index (χ3v) is 4.43. The van der Waals surface area contributed by atoms with Crippen LogP contribution in [0.3, 0.4) is 0 Å². The van der Waals surface area contributed by atoms with Gasteiger partial charge in [-0.15, -0.1) is 11.3 Å². The normalized spacial score (nSPS) is 13.0. The number of aryl methyl sites for hydroxylation is 2. The molecule has 0 bridgehead atoms. The van der Waals surface area contributed by atoms with Crippen molar-refractivity contribution in [1.29, 1.82) is 0 Å². The van der Waals surface area contributed by atoms with Crippen LogP contribution in [0.2, 0.25) is 0 Å². The molecule has 0 amide bonds. The average Bonchev–Trinajstić information content (AvgIpc) is 2.83. The third-order valence-electron chi connectivity index (χ3n) is 2.49. The van der Waals surface area contributed by atoms with Crippen molar-refractivity contribution in [1.82, 2.24) is 14.8 Å². The van der Waals surface area contributed by atoms with Gasteiger partial charge in [0.05, 0.1) is 21.4 Å². The number of nitrogens with zero attached hydrogens (tertiary/aromatic N) is 3. The molecule has 2 rings (SSSR count). The van der Waals surface area contributed by atoms with E-state index < -0.39 is 0 Å². The van der Waals surface area contributed by atoms with Crippen LogP contribution in [0.25, 0.3) is 0 Å². The molecular weight excluding hydrogens is 288 g/mol. The summed E-state index contributed by atoms with van der Waals surface area (Å²) >= 11 is 5.13. The van der Waals surface area contributed by atoms with E-state index in [0.29, 0.717) is 0 Å². The minimum absolute atomic E-state index is 0.0152. The minimum atomic E-state index is -0.0152. The lowest BCUT2D eigenvalue weighted by atomic mass is 10.1. The Hall–Kier alpha value is -0.720. The van der Waals surface area contributed by atoms with Crippen LogP contribution in [0.5, 0.6) is 0 Å². The molecule has 86 valence electrons. The zero-order valence-corrected chi connectivity index (χ0v) is 11.5. The summed E-state index contributed by atoms with van der Waals surface area (Å²) in [5, 5.41) is 4.35. The second kappa shape index (κ2) is 4.65. The molecule has 0 saturated heterocycles. The third kappa shape index (κ3) is 2.18. The molecular formula is C10H13BrN4S. The van der Waals surface area contributed by atoms with Crippen molar-refractivity contribution in [2.45, 2.75) is 19.4 Å². The van der Waals surface area contributed by atoms with Gasteiger partial charge >= 0.3 is 0 Å². The molecule has 2 aromatic rings. The maximum atomic E-state index is 6.13. The highest BCUT2D eigenvalue weighted by molar-refractivity contribution is 9.10. The van der Waals surface area contributed by atoms with Crippen molar-refractivity contribution < 1.29 is 0 Å². The van der Waals surface area contributed by atoms with E-state index in [0.717, 1.165) is 27.2 Å². The maximum Gasteiger partial charge on any atom is 0.0794 e. The number of rotatable bonds is 3. The zero-order chi connectivity index (χ0) is 11.7. The smallest absolute Gasteiger partial charge is 0.0794 e. The highest BCUT2D eigenvalue weighted by Crippen LogP contribution is 2.25. The molecule has 0 radical (unpaired) electrons. The fourth-order valence-corrected chi connectivity index (χ4v) is 2.74. The summed E-state index contributed by atoms with van der Waals surface area (Å²) in [7, 11) is 1.94. The summed E-state index contributed by atoms with van der Waals surface area (Å²) in [6, 6.07) is -0.0152. The van der Waals surface area contributed by atoms with Crippen LogP contribution in [0.1, 0.15) is 22.3 Å². The Morgan fingerprint density at radius 2 is 2.38 bits per heavy atom. The van der Waals surface area contributed by atoms with Crippen molar-refractivity contribution >= 4 is 27.3 Å². The Kier molecular flexibility index (Phi) is 3.41. The van der Waals surface area contributed by atoms with Crippen molar-refractivity contribution in [2.24, 2.45) is 12.8 Å². The Balaban J connectivity index is 2.21. The number of thiazole rings is 1. The van der Waals surface area contributed by atoms with E-state index in [1.165, 1.54) is 0 Å². The van der Waals surface area contributed by atoms with E-state index >= 15 is 0 Å². The predicted molar refractivity (Wildman–Crippen MR) is 68.4 cm³/mol. The SMILES string of the molecule is Cc1nn(C)c(CC(N)c2cncs2)c1Br. The molecule has 16 heavy (non-hydrogen) atoms. The quantitative estimate of drug-likeness (QED) is 0.945. The van der Waals surface area contributed by atoms with Gasteiger partial charge < -0.3 is 5.73 Å². The first-order valence-electron chi connectivity index (χ1n) is 4.91. The average molecular weight is 301 g/mol. The largest absolute Gasteiger partial charge is 0.323 e. The number of hydrogen-bond acceptors (Lipinski definition) is 4. The first-order valence-corrected chi connectivity index (χ1v) is 6.58. The van der Waals surface area contributed by atoms with E-state index in [1.807, 2.05) is 24.9 Å². The summed E-state index contributed by atoms with van der Waals surface area (Å²) < 4.78 is 2.93. The monoisotopic (exact) mass is 300 g/mol. The van der Waals surface area contributed by atoms with E-state index in [-0.39, 0.29) is 6.04 Å². The highest BCUT2D eigenvalue weighted by atomic mass is 79.9. The summed E-state index contributed by atoms with van der Waals surface area (Å²) in [5.74, 6) is 0. The predicted octanol–water partition coefficient (Wildman–Crippen LogP) is 2.19. The van der Waals surface area contributed by atoms with Crippen molar-refractivity contribution in [3.8, 4) is 0 Å². The van der Waals surface area contributed by atoms with Gasteiger partial charge in [-0.05, 0) is 22.9 Å². The van der Waals surface area contributed by atoms with Crippen molar-refractivity contribution in [3.05, 3.63) is 32.4 Å². The van der Waals surface area contributed by atoms with Crippen molar-refractivity contribution in [2.75, 3.05) is 0 Å². The van der Waals surface area contributed by atoms with Gasteiger partial charge in [0.2, 0.25) is 0 Å². The molecule has 1 atom stereocenters. The van der Waals surface area contributed by atoms with Crippen LogP contribution in [-0.4, -0.2) is 14.8 Å². The lowest BCUT2D eigenvalue weighted by Gasteiger charge is -2.09. The number of aromatic nitrogens is 3. The first-order chi connectivity index (χ1) is 7.59. The van der Waals surface area contributed by atoms with Gasteiger partial charge in [-0.25, -0.2) is 0 Å². The van der Waals surface area contributed by atoms with Crippen LogP contribution < -0.4 is 5.73 Å². The number of halogens is 1. The van der Waals surface area contributed by atoms with Gasteiger partial charge in [0.15, 0.2) is 0 Å². The van der Waals surface area contributed by atoms with Crippen LogP contribution in [0.15, 0.2) is 16.2 Å².